The third kappa shape index (κ3) is 2.09. The van der Waals surface area contributed by atoms with E-state index in [4.69, 9.17) is 10.2 Å². The van der Waals surface area contributed by atoms with Crippen LogP contribution in [0.3, 0.4) is 0 Å². The molecule has 1 heterocycles. The highest BCUT2D eigenvalue weighted by atomic mass is 16.4. The van der Waals surface area contributed by atoms with Gasteiger partial charge in [-0.1, -0.05) is 0 Å². The quantitative estimate of drug-likeness (QED) is 0.731. The van der Waals surface area contributed by atoms with E-state index in [1.165, 1.54) is 17.7 Å². The fraction of sp³-hybridized carbons (Fsp3) is 0.909. The lowest BCUT2D eigenvalue weighted by Gasteiger charge is -2.52. The van der Waals surface area contributed by atoms with Gasteiger partial charge in [0.2, 0.25) is 0 Å². The van der Waals surface area contributed by atoms with Crippen molar-refractivity contribution in [2.24, 2.45) is 11.3 Å². The van der Waals surface area contributed by atoms with Crippen molar-refractivity contribution >= 4 is 6.09 Å². The zero-order valence-electron chi connectivity index (χ0n) is 8.98. The molecule has 2 rings (SSSR count). The van der Waals surface area contributed by atoms with Crippen molar-refractivity contribution < 1.29 is 15.0 Å². The van der Waals surface area contributed by atoms with Crippen LogP contribution in [-0.2, 0) is 0 Å². The number of hydrogen-bond acceptors (Lipinski definition) is 2. The standard InChI is InChI=1S/C11H19NO3/c13-6-1-9-7-11(8-9)2-4-12(5-3-11)10(14)15/h9,13H,1-8H2,(H,14,15). The number of hydrogen-bond donors (Lipinski definition) is 2. The topological polar surface area (TPSA) is 60.8 Å². The first-order valence-electron chi connectivity index (χ1n) is 5.74. The van der Waals surface area contributed by atoms with Crippen molar-refractivity contribution in [1.82, 2.24) is 4.90 Å². The Bertz CT molecular complexity index is 238. The lowest BCUT2D eigenvalue weighted by molar-refractivity contribution is -0.0169. The minimum Gasteiger partial charge on any atom is -0.465 e. The van der Waals surface area contributed by atoms with Gasteiger partial charge in [-0.05, 0) is 43.4 Å². The number of nitrogens with zero attached hydrogens (tertiary/aromatic N) is 1. The summed E-state index contributed by atoms with van der Waals surface area (Å²) in [7, 11) is 0. The van der Waals surface area contributed by atoms with E-state index in [-0.39, 0.29) is 0 Å². The lowest BCUT2D eigenvalue weighted by atomic mass is 9.57. The maximum atomic E-state index is 10.7. The first-order chi connectivity index (χ1) is 7.15. The monoisotopic (exact) mass is 213 g/mol. The molecule has 0 unspecified atom stereocenters. The average Bonchev–Trinajstić information content (AvgIpc) is 2.16. The molecule has 1 amide bonds. The Kier molecular flexibility index (Phi) is 2.87. The number of aliphatic hydroxyl groups is 1. The Hall–Kier alpha value is -0.770. The van der Waals surface area contributed by atoms with E-state index in [1.807, 2.05) is 0 Å². The molecule has 0 aromatic carbocycles. The van der Waals surface area contributed by atoms with Gasteiger partial charge < -0.3 is 15.1 Å². The van der Waals surface area contributed by atoms with Crippen molar-refractivity contribution in [2.45, 2.75) is 32.1 Å². The summed E-state index contributed by atoms with van der Waals surface area (Å²) in [6, 6.07) is 0. The van der Waals surface area contributed by atoms with Gasteiger partial charge in [-0.15, -0.1) is 0 Å². The van der Waals surface area contributed by atoms with Crippen LogP contribution in [-0.4, -0.2) is 40.9 Å². The average molecular weight is 213 g/mol. The second kappa shape index (κ2) is 4.00. The Morgan fingerprint density at radius 2 is 1.93 bits per heavy atom. The van der Waals surface area contributed by atoms with E-state index in [9.17, 15) is 4.79 Å². The highest BCUT2D eigenvalue weighted by Gasteiger charge is 2.45. The van der Waals surface area contributed by atoms with Crippen molar-refractivity contribution in [3.63, 3.8) is 0 Å². The summed E-state index contributed by atoms with van der Waals surface area (Å²) in [5.41, 5.74) is 0.422. The predicted molar refractivity (Wildman–Crippen MR) is 55.7 cm³/mol. The van der Waals surface area contributed by atoms with Crippen LogP contribution < -0.4 is 0 Å². The van der Waals surface area contributed by atoms with Gasteiger partial charge >= 0.3 is 6.09 Å². The molecule has 86 valence electrons. The van der Waals surface area contributed by atoms with E-state index in [1.54, 1.807) is 0 Å². The van der Waals surface area contributed by atoms with E-state index in [0.717, 1.165) is 19.3 Å². The Labute approximate surface area is 89.9 Å². The molecule has 0 aromatic heterocycles. The van der Waals surface area contributed by atoms with E-state index >= 15 is 0 Å². The van der Waals surface area contributed by atoms with Crippen LogP contribution >= 0.6 is 0 Å². The van der Waals surface area contributed by atoms with Gasteiger partial charge in [0.25, 0.3) is 0 Å². The largest absolute Gasteiger partial charge is 0.465 e. The third-order valence-electron chi connectivity index (χ3n) is 4.08. The van der Waals surface area contributed by atoms with Gasteiger partial charge in [0.1, 0.15) is 0 Å². The molecule has 2 fully saturated rings. The van der Waals surface area contributed by atoms with Crippen LogP contribution in [0.2, 0.25) is 0 Å². The number of amides is 1. The Morgan fingerprint density at radius 3 is 2.40 bits per heavy atom. The molecular weight excluding hydrogens is 194 g/mol. The van der Waals surface area contributed by atoms with Crippen molar-refractivity contribution in [1.29, 1.82) is 0 Å². The van der Waals surface area contributed by atoms with Crippen LogP contribution in [0.25, 0.3) is 0 Å². The molecule has 4 nitrogen and oxygen atoms in total. The lowest BCUT2D eigenvalue weighted by Crippen LogP contribution is -2.48. The molecule has 1 aliphatic carbocycles. The van der Waals surface area contributed by atoms with Crippen LogP contribution in [0, 0.1) is 11.3 Å². The van der Waals surface area contributed by atoms with Gasteiger partial charge in [-0.3, -0.25) is 0 Å². The summed E-state index contributed by atoms with van der Waals surface area (Å²) >= 11 is 0. The number of carbonyl (C=O) groups is 1. The smallest absolute Gasteiger partial charge is 0.407 e. The second-order valence-electron chi connectivity index (χ2n) is 5.06. The molecule has 1 saturated carbocycles. The number of aliphatic hydroxyl groups excluding tert-OH is 1. The molecule has 2 aliphatic rings. The van der Waals surface area contributed by atoms with Crippen LogP contribution in [0.15, 0.2) is 0 Å². The summed E-state index contributed by atoms with van der Waals surface area (Å²) in [6.45, 7) is 1.68. The van der Waals surface area contributed by atoms with E-state index < -0.39 is 6.09 Å². The summed E-state index contributed by atoms with van der Waals surface area (Å²) < 4.78 is 0. The van der Waals surface area contributed by atoms with Gasteiger partial charge in [0.15, 0.2) is 0 Å². The van der Waals surface area contributed by atoms with Gasteiger partial charge in [0, 0.05) is 19.7 Å². The number of carboxylic acid groups (broad SMARTS) is 1. The zero-order valence-corrected chi connectivity index (χ0v) is 8.98. The summed E-state index contributed by atoms with van der Waals surface area (Å²) in [4.78, 5) is 12.2. The van der Waals surface area contributed by atoms with Gasteiger partial charge in [-0.25, -0.2) is 4.79 Å². The fourth-order valence-corrected chi connectivity index (χ4v) is 3.13. The highest BCUT2D eigenvalue weighted by Crippen LogP contribution is 2.53. The maximum Gasteiger partial charge on any atom is 0.407 e. The molecule has 0 aromatic rings. The first-order valence-corrected chi connectivity index (χ1v) is 5.74. The number of piperidine rings is 1. The van der Waals surface area contributed by atoms with Crippen LogP contribution in [0.4, 0.5) is 4.79 Å². The molecule has 0 radical (unpaired) electrons. The number of rotatable bonds is 2. The third-order valence-corrected chi connectivity index (χ3v) is 4.08. The molecule has 0 bridgehead atoms. The Morgan fingerprint density at radius 1 is 1.33 bits per heavy atom. The SMILES string of the molecule is O=C(O)N1CCC2(CC1)CC(CCO)C2. The zero-order chi connectivity index (χ0) is 10.9. The van der Waals surface area contributed by atoms with Gasteiger partial charge in [0.05, 0.1) is 0 Å². The molecular formula is C11H19NO3. The molecule has 1 saturated heterocycles. The fourth-order valence-electron chi connectivity index (χ4n) is 3.13. The van der Waals surface area contributed by atoms with Crippen molar-refractivity contribution in [2.75, 3.05) is 19.7 Å². The highest BCUT2D eigenvalue weighted by molar-refractivity contribution is 5.65. The van der Waals surface area contributed by atoms with E-state index in [0.29, 0.717) is 31.0 Å². The van der Waals surface area contributed by atoms with E-state index in [2.05, 4.69) is 0 Å². The molecule has 15 heavy (non-hydrogen) atoms. The van der Waals surface area contributed by atoms with Crippen molar-refractivity contribution in [3.8, 4) is 0 Å². The van der Waals surface area contributed by atoms with Crippen LogP contribution in [0.5, 0.6) is 0 Å². The molecule has 1 aliphatic heterocycles. The summed E-state index contributed by atoms with van der Waals surface area (Å²) in [5, 5.41) is 17.6. The van der Waals surface area contributed by atoms with Gasteiger partial charge in [-0.2, -0.15) is 0 Å². The number of likely N-dealkylation sites (tertiary alicyclic amines) is 1. The maximum absolute atomic E-state index is 10.7. The first kappa shape index (κ1) is 10.7. The summed E-state index contributed by atoms with van der Waals surface area (Å²) in [6.07, 6.45) is 4.56. The molecule has 4 heteroatoms. The second-order valence-corrected chi connectivity index (χ2v) is 5.06. The molecule has 1 spiro atoms. The predicted octanol–water partition coefficient (Wildman–Crippen LogP) is 1.54. The molecule has 0 atom stereocenters. The minimum atomic E-state index is -0.781. The minimum absolute atomic E-state index is 0.294. The Balaban J connectivity index is 1.77. The normalized spacial score (nSPS) is 25.3. The van der Waals surface area contributed by atoms with Crippen LogP contribution in [0.1, 0.15) is 32.1 Å². The molecule has 2 N–H and O–H groups in total. The van der Waals surface area contributed by atoms with Crippen molar-refractivity contribution in [3.05, 3.63) is 0 Å². The summed E-state index contributed by atoms with van der Waals surface area (Å²) in [5.74, 6) is 0.686.